The molecular weight excluding hydrogens is 192 g/mol. The first-order chi connectivity index (χ1) is 7.09. The fourth-order valence-electron chi connectivity index (χ4n) is 2.95. The number of nitrogens with zero attached hydrogens (tertiary/aromatic N) is 2. The minimum Gasteiger partial charge on any atom is -0.480 e. The Morgan fingerprint density at radius 2 is 2.07 bits per heavy atom. The highest BCUT2D eigenvalue weighted by molar-refractivity contribution is 5.74. The van der Waals surface area contributed by atoms with Gasteiger partial charge in [0.1, 0.15) is 6.04 Å². The second-order valence-electron chi connectivity index (χ2n) is 4.99. The minimum absolute atomic E-state index is 0.249. The SMILES string of the molecule is CC1CCN(C2CCN(C)C2)C1C(=O)O. The molecule has 1 N–H and O–H groups in total. The maximum absolute atomic E-state index is 11.2. The maximum Gasteiger partial charge on any atom is 0.321 e. The van der Waals surface area contributed by atoms with Gasteiger partial charge in [0.25, 0.3) is 0 Å². The Balaban J connectivity index is 2.05. The van der Waals surface area contributed by atoms with Crippen LogP contribution in [0.25, 0.3) is 0 Å². The molecule has 2 rings (SSSR count). The lowest BCUT2D eigenvalue weighted by molar-refractivity contribution is -0.144. The van der Waals surface area contributed by atoms with E-state index >= 15 is 0 Å². The smallest absolute Gasteiger partial charge is 0.321 e. The van der Waals surface area contributed by atoms with Crippen LogP contribution >= 0.6 is 0 Å². The molecule has 3 unspecified atom stereocenters. The van der Waals surface area contributed by atoms with Crippen LogP contribution in [-0.2, 0) is 4.79 Å². The summed E-state index contributed by atoms with van der Waals surface area (Å²) in [5.74, 6) is -0.344. The van der Waals surface area contributed by atoms with Gasteiger partial charge < -0.3 is 10.0 Å². The minimum atomic E-state index is -0.644. The topological polar surface area (TPSA) is 43.8 Å². The molecule has 86 valence electrons. The molecule has 0 spiro atoms. The number of hydrogen-bond donors (Lipinski definition) is 1. The Morgan fingerprint density at radius 3 is 2.60 bits per heavy atom. The van der Waals surface area contributed by atoms with Crippen LogP contribution in [0.5, 0.6) is 0 Å². The predicted octanol–water partition coefficient (Wildman–Crippen LogP) is 0.485. The highest BCUT2D eigenvalue weighted by Gasteiger charge is 2.41. The number of hydrogen-bond acceptors (Lipinski definition) is 3. The number of carboxylic acid groups (broad SMARTS) is 1. The molecule has 3 atom stereocenters. The normalized spacial score (nSPS) is 38.7. The first kappa shape index (κ1) is 10.9. The van der Waals surface area contributed by atoms with E-state index < -0.39 is 5.97 Å². The largest absolute Gasteiger partial charge is 0.480 e. The summed E-state index contributed by atoms with van der Waals surface area (Å²) in [5.41, 5.74) is 0. The van der Waals surface area contributed by atoms with Crippen LogP contribution in [-0.4, -0.2) is 59.6 Å². The number of likely N-dealkylation sites (tertiary alicyclic amines) is 2. The van der Waals surface area contributed by atoms with Crippen LogP contribution in [0.2, 0.25) is 0 Å². The summed E-state index contributed by atoms with van der Waals surface area (Å²) in [6.45, 7) is 5.13. The lowest BCUT2D eigenvalue weighted by atomic mass is 10.0. The van der Waals surface area contributed by atoms with E-state index in [0.717, 1.165) is 32.5 Å². The van der Waals surface area contributed by atoms with Crippen LogP contribution in [0, 0.1) is 5.92 Å². The van der Waals surface area contributed by atoms with Crippen LogP contribution in [0.4, 0.5) is 0 Å². The van der Waals surface area contributed by atoms with Crippen molar-refractivity contribution in [2.45, 2.75) is 31.8 Å². The monoisotopic (exact) mass is 212 g/mol. The summed E-state index contributed by atoms with van der Waals surface area (Å²) < 4.78 is 0. The average Bonchev–Trinajstić information content (AvgIpc) is 2.71. The van der Waals surface area contributed by atoms with Gasteiger partial charge in [-0.05, 0) is 38.9 Å². The van der Waals surface area contributed by atoms with Crippen LogP contribution < -0.4 is 0 Å². The molecule has 2 heterocycles. The molecule has 0 aliphatic carbocycles. The van der Waals surface area contributed by atoms with Gasteiger partial charge in [0.2, 0.25) is 0 Å². The van der Waals surface area contributed by atoms with Crippen molar-refractivity contribution in [2.75, 3.05) is 26.7 Å². The van der Waals surface area contributed by atoms with E-state index in [0.29, 0.717) is 12.0 Å². The second-order valence-corrected chi connectivity index (χ2v) is 4.99. The highest BCUT2D eigenvalue weighted by atomic mass is 16.4. The van der Waals surface area contributed by atoms with Gasteiger partial charge in [-0.2, -0.15) is 0 Å². The molecule has 2 saturated heterocycles. The van der Waals surface area contributed by atoms with Gasteiger partial charge in [0, 0.05) is 12.6 Å². The van der Waals surface area contributed by atoms with Gasteiger partial charge >= 0.3 is 5.97 Å². The molecule has 15 heavy (non-hydrogen) atoms. The Kier molecular flexibility index (Phi) is 2.98. The third-order valence-electron chi connectivity index (χ3n) is 3.83. The number of carbonyl (C=O) groups is 1. The molecule has 0 bridgehead atoms. The van der Waals surface area contributed by atoms with E-state index in [1.165, 1.54) is 0 Å². The molecule has 0 radical (unpaired) electrons. The van der Waals surface area contributed by atoms with E-state index in [9.17, 15) is 9.90 Å². The zero-order valence-electron chi connectivity index (χ0n) is 9.52. The van der Waals surface area contributed by atoms with Crippen molar-refractivity contribution in [3.8, 4) is 0 Å². The molecule has 0 aromatic heterocycles. The lowest BCUT2D eigenvalue weighted by Gasteiger charge is -2.29. The zero-order valence-corrected chi connectivity index (χ0v) is 9.52. The van der Waals surface area contributed by atoms with Gasteiger partial charge in [-0.15, -0.1) is 0 Å². The third-order valence-corrected chi connectivity index (χ3v) is 3.83. The summed E-state index contributed by atoms with van der Waals surface area (Å²) in [7, 11) is 2.11. The van der Waals surface area contributed by atoms with E-state index in [-0.39, 0.29) is 6.04 Å². The number of rotatable bonds is 2. The van der Waals surface area contributed by atoms with Gasteiger partial charge in [-0.25, -0.2) is 0 Å². The van der Waals surface area contributed by atoms with Crippen molar-refractivity contribution in [3.05, 3.63) is 0 Å². The van der Waals surface area contributed by atoms with E-state index in [2.05, 4.69) is 23.8 Å². The zero-order chi connectivity index (χ0) is 11.0. The molecule has 0 aromatic rings. The summed E-state index contributed by atoms with van der Waals surface area (Å²) >= 11 is 0. The van der Waals surface area contributed by atoms with Crippen LogP contribution in [0.3, 0.4) is 0 Å². The lowest BCUT2D eigenvalue weighted by Crippen LogP contribution is -2.46. The molecule has 4 heteroatoms. The summed E-state index contributed by atoms with van der Waals surface area (Å²) in [4.78, 5) is 15.7. The second kappa shape index (κ2) is 4.10. The molecular formula is C11H20N2O2. The van der Waals surface area contributed by atoms with Crippen molar-refractivity contribution in [1.29, 1.82) is 0 Å². The Morgan fingerprint density at radius 1 is 1.33 bits per heavy atom. The van der Waals surface area contributed by atoms with Crippen molar-refractivity contribution >= 4 is 5.97 Å². The van der Waals surface area contributed by atoms with Crippen molar-refractivity contribution < 1.29 is 9.90 Å². The number of likely N-dealkylation sites (N-methyl/N-ethyl adjacent to an activating group) is 1. The van der Waals surface area contributed by atoms with E-state index in [1.807, 2.05) is 0 Å². The number of aliphatic carboxylic acids is 1. The summed E-state index contributed by atoms with van der Waals surface area (Å²) in [6.07, 6.45) is 2.14. The Bertz CT molecular complexity index is 257. The van der Waals surface area contributed by atoms with Crippen LogP contribution in [0.15, 0.2) is 0 Å². The molecule has 4 nitrogen and oxygen atoms in total. The molecule has 2 aliphatic heterocycles. The predicted molar refractivity (Wildman–Crippen MR) is 57.8 cm³/mol. The molecule has 2 fully saturated rings. The first-order valence-electron chi connectivity index (χ1n) is 5.76. The fraction of sp³-hybridized carbons (Fsp3) is 0.909. The molecule has 0 saturated carbocycles. The standard InChI is InChI=1S/C11H20N2O2/c1-8-3-6-13(10(8)11(14)15)9-4-5-12(2)7-9/h8-10H,3-7H2,1-2H3,(H,14,15). The van der Waals surface area contributed by atoms with Gasteiger partial charge in [-0.3, -0.25) is 9.69 Å². The van der Waals surface area contributed by atoms with Crippen molar-refractivity contribution in [3.63, 3.8) is 0 Å². The van der Waals surface area contributed by atoms with Crippen molar-refractivity contribution in [1.82, 2.24) is 9.80 Å². The Hall–Kier alpha value is -0.610. The van der Waals surface area contributed by atoms with Gasteiger partial charge in [-0.1, -0.05) is 6.92 Å². The fourth-order valence-corrected chi connectivity index (χ4v) is 2.95. The first-order valence-corrected chi connectivity index (χ1v) is 5.76. The van der Waals surface area contributed by atoms with Crippen molar-refractivity contribution in [2.24, 2.45) is 5.92 Å². The molecule has 0 amide bonds. The quantitative estimate of drug-likeness (QED) is 0.723. The maximum atomic E-state index is 11.2. The Labute approximate surface area is 90.9 Å². The summed E-state index contributed by atoms with van der Waals surface area (Å²) in [5, 5.41) is 9.23. The summed E-state index contributed by atoms with van der Waals surface area (Å²) in [6, 6.07) is 0.211. The third kappa shape index (κ3) is 2.01. The molecule has 0 aromatic carbocycles. The van der Waals surface area contributed by atoms with Crippen LogP contribution in [0.1, 0.15) is 19.8 Å². The molecule has 2 aliphatic rings. The highest BCUT2D eigenvalue weighted by Crippen LogP contribution is 2.29. The average molecular weight is 212 g/mol. The van der Waals surface area contributed by atoms with E-state index in [1.54, 1.807) is 0 Å². The van der Waals surface area contributed by atoms with Gasteiger partial charge in [0.15, 0.2) is 0 Å². The van der Waals surface area contributed by atoms with E-state index in [4.69, 9.17) is 0 Å². The van der Waals surface area contributed by atoms with Gasteiger partial charge in [0.05, 0.1) is 0 Å². The number of carboxylic acids is 1.